The normalized spacial score (nSPS) is 26.0. The number of aliphatic hydroxyl groups excluding tert-OH is 1. The zero-order valence-electron chi connectivity index (χ0n) is 7.73. The topological polar surface area (TPSA) is 20.2 Å². The van der Waals surface area contributed by atoms with Gasteiger partial charge in [0.15, 0.2) is 0 Å². The maximum Gasteiger partial charge on any atom is 0.0465 e. The Labute approximate surface area is 83.2 Å². The van der Waals surface area contributed by atoms with Crippen LogP contribution in [-0.4, -0.2) is 18.0 Å². The van der Waals surface area contributed by atoms with Crippen LogP contribution >= 0.6 is 11.8 Å². The predicted octanol–water partition coefficient (Wildman–Crippen LogP) is 2.50. The average Bonchev–Trinajstić information content (AvgIpc) is 2.97. The standard InChI is InChI=1S/C11H14OS/c1-13-10-4-2-3-8(5-10)11-6-9(11)7-12/h2-5,9,11-12H,6-7H2,1H3/t9-,11-/m0/s1. The molecule has 0 amide bonds. The molecule has 70 valence electrons. The van der Waals surface area contributed by atoms with E-state index in [1.807, 2.05) is 0 Å². The van der Waals surface area contributed by atoms with E-state index >= 15 is 0 Å². The lowest BCUT2D eigenvalue weighted by atomic mass is 10.1. The van der Waals surface area contributed by atoms with Gasteiger partial charge in [0, 0.05) is 11.5 Å². The van der Waals surface area contributed by atoms with Crippen molar-refractivity contribution in [1.82, 2.24) is 0 Å². The average molecular weight is 194 g/mol. The van der Waals surface area contributed by atoms with Gasteiger partial charge in [0.2, 0.25) is 0 Å². The Morgan fingerprint density at radius 2 is 2.38 bits per heavy atom. The van der Waals surface area contributed by atoms with Gasteiger partial charge in [0.25, 0.3) is 0 Å². The van der Waals surface area contributed by atoms with Crippen molar-refractivity contribution < 1.29 is 5.11 Å². The van der Waals surface area contributed by atoms with Crippen LogP contribution < -0.4 is 0 Å². The highest BCUT2D eigenvalue weighted by Gasteiger charge is 2.37. The van der Waals surface area contributed by atoms with Crippen LogP contribution in [0.3, 0.4) is 0 Å². The molecule has 2 heteroatoms. The quantitative estimate of drug-likeness (QED) is 0.746. The fourth-order valence-electron chi connectivity index (χ4n) is 1.73. The summed E-state index contributed by atoms with van der Waals surface area (Å²) in [6.07, 6.45) is 3.25. The summed E-state index contributed by atoms with van der Waals surface area (Å²) in [5.74, 6) is 1.15. The first-order valence-electron chi connectivity index (χ1n) is 4.60. The van der Waals surface area contributed by atoms with Gasteiger partial charge < -0.3 is 5.11 Å². The highest BCUT2D eigenvalue weighted by molar-refractivity contribution is 7.98. The van der Waals surface area contributed by atoms with Gasteiger partial charge in [-0.15, -0.1) is 11.8 Å². The molecule has 1 fully saturated rings. The molecule has 0 radical (unpaired) electrons. The Morgan fingerprint density at radius 1 is 1.54 bits per heavy atom. The first-order valence-corrected chi connectivity index (χ1v) is 5.82. The molecular weight excluding hydrogens is 180 g/mol. The molecule has 1 N–H and O–H groups in total. The summed E-state index contributed by atoms with van der Waals surface area (Å²) in [4.78, 5) is 1.32. The number of rotatable bonds is 3. The fourth-order valence-corrected chi connectivity index (χ4v) is 2.20. The van der Waals surface area contributed by atoms with E-state index < -0.39 is 0 Å². The number of benzene rings is 1. The fraction of sp³-hybridized carbons (Fsp3) is 0.455. The van der Waals surface area contributed by atoms with Crippen molar-refractivity contribution in [3.63, 3.8) is 0 Å². The first kappa shape index (κ1) is 9.10. The molecule has 13 heavy (non-hydrogen) atoms. The van der Waals surface area contributed by atoms with Crippen LogP contribution in [0.25, 0.3) is 0 Å². The second kappa shape index (κ2) is 3.72. The molecule has 1 aliphatic rings. The van der Waals surface area contributed by atoms with E-state index in [9.17, 15) is 0 Å². The maximum absolute atomic E-state index is 8.96. The number of hydrogen-bond donors (Lipinski definition) is 1. The molecule has 1 aromatic carbocycles. The molecule has 0 bridgehead atoms. The van der Waals surface area contributed by atoms with Crippen molar-refractivity contribution in [2.45, 2.75) is 17.2 Å². The Hall–Kier alpha value is -0.470. The van der Waals surface area contributed by atoms with Crippen molar-refractivity contribution in [2.24, 2.45) is 5.92 Å². The Bertz CT molecular complexity index is 298. The van der Waals surface area contributed by atoms with Gasteiger partial charge in [-0.1, -0.05) is 12.1 Å². The number of thioether (sulfide) groups is 1. The highest BCUT2D eigenvalue weighted by Crippen LogP contribution is 2.47. The third kappa shape index (κ3) is 1.89. The van der Waals surface area contributed by atoms with Crippen LogP contribution in [0.1, 0.15) is 17.9 Å². The molecular formula is C11H14OS. The van der Waals surface area contributed by atoms with Gasteiger partial charge in [0.05, 0.1) is 0 Å². The molecule has 0 spiro atoms. The van der Waals surface area contributed by atoms with E-state index in [1.54, 1.807) is 11.8 Å². The first-order chi connectivity index (χ1) is 6.35. The zero-order chi connectivity index (χ0) is 9.26. The van der Waals surface area contributed by atoms with Gasteiger partial charge in [-0.3, -0.25) is 0 Å². The van der Waals surface area contributed by atoms with Crippen molar-refractivity contribution in [1.29, 1.82) is 0 Å². The molecule has 0 unspecified atom stereocenters. The Morgan fingerprint density at radius 3 is 3.00 bits per heavy atom. The minimum absolute atomic E-state index is 0.341. The van der Waals surface area contributed by atoms with Crippen LogP contribution in [-0.2, 0) is 0 Å². The highest BCUT2D eigenvalue weighted by atomic mass is 32.2. The summed E-state index contributed by atoms with van der Waals surface area (Å²) < 4.78 is 0. The molecule has 2 rings (SSSR count). The third-order valence-corrected chi connectivity index (χ3v) is 3.40. The molecule has 0 heterocycles. The van der Waals surface area contributed by atoms with Crippen molar-refractivity contribution in [3.8, 4) is 0 Å². The SMILES string of the molecule is CSc1cccc([C@@H]2C[C@H]2CO)c1. The zero-order valence-corrected chi connectivity index (χ0v) is 8.55. The second-order valence-electron chi connectivity index (χ2n) is 3.56. The Balaban J connectivity index is 2.13. The molecule has 1 aromatic rings. The smallest absolute Gasteiger partial charge is 0.0465 e. The molecule has 1 saturated carbocycles. The van der Waals surface area contributed by atoms with Crippen LogP contribution in [0.4, 0.5) is 0 Å². The van der Waals surface area contributed by atoms with Crippen molar-refractivity contribution >= 4 is 11.8 Å². The minimum atomic E-state index is 0.341. The van der Waals surface area contributed by atoms with Gasteiger partial charge in [-0.05, 0) is 42.2 Å². The summed E-state index contributed by atoms with van der Waals surface area (Å²) in [7, 11) is 0. The van der Waals surface area contributed by atoms with E-state index in [1.165, 1.54) is 10.5 Å². The third-order valence-electron chi connectivity index (χ3n) is 2.68. The maximum atomic E-state index is 8.96. The second-order valence-corrected chi connectivity index (χ2v) is 4.44. The lowest BCUT2D eigenvalue weighted by Gasteiger charge is -2.01. The lowest BCUT2D eigenvalue weighted by Crippen LogP contribution is -1.88. The van der Waals surface area contributed by atoms with E-state index in [4.69, 9.17) is 5.11 Å². The predicted molar refractivity (Wildman–Crippen MR) is 56.2 cm³/mol. The Kier molecular flexibility index (Phi) is 2.61. The number of aliphatic hydroxyl groups is 1. The summed E-state index contributed by atoms with van der Waals surface area (Å²) in [6, 6.07) is 8.64. The molecule has 0 aromatic heterocycles. The van der Waals surface area contributed by atoms with Crippen molar-refractivity contribution in [3.05, 3.63) is 29.8 Å². The summed E-state index contributed by atoms with van der Waals surface area (Å²) in [5.41, 5.74) is 1.39. The van der Waals surface area contributed by atoms with E-state index in [0.29, 0.717) is 18.4 Å². The monoisotopic (exact) mass is 194 g/mol. The molecule has 0 saturated heterocycles. The number of hydrogen-bond acceptors (Lipinski definition) is 2. The summed E-state index contributed by atoms with van der Waals surface area (Å²) >= 11 is 1.77. The lowest BCUT2D eigenvalue weighted by molar-refractivity contribution is 0.274. The van der Waals surface area contributed by atoms with Crippen LogP contribution in [0.5, 0.6) is 0 Å². The van der Waals surface area contributed by atoms with Crippen LogP contribution in [0.2, 0.25) is 0 Å². The minimum Gasteiger partial charge on any atom is -0.396 e. The largest absolute Gasteiger partial charge is 0.396 e. The van der Waals surface area contributed by atoms with Crippen molar-refractivity contribution in [2.75, 3.05) is 12.9 Å². The molecule has 1 aliphatic carbocycles. The van der Waals surface area contributed by atoms with Crippen LogP contribution in [0, 0.1) is 5.92 Å². The molecule has 0 aliphatic heterocycles. The molecule has 2 atom stereocenters. The summed E-state index contributed by atoms with van der Waals surface area (Å²) in [5, 5.41) is 8.96. The van der Waals surface area contributed by atoms with E-state index in [-0.39, 0.29) is 0 Å². The van der Waals surface area contributed by atoms with E-state index in [2.05, 4.69) is 30.5 Å². The van der Waals surface area contributed by atoms with E-state index in [0.717, 1.165) is 6.42 Å². The van der Waals surface area contributed by atoms with Gasteiger partial charge in [-0.25, -0.2) is 0 Å². The molecule has 1 nitrogen and oxygen atoms in total. The summed E-state index contributed by atoms with van der Waals surface area (Å²) in [6.45, 7) is 0.341. The van der Waals surface area contributed by atoms with Gasteiger partial charge in [-0.2, -0.15) is 0 Å². The van der Waals surface area contributed by atoms with Gasteiger partial charge in [0.1, 0.15) is 0 Å². The van der Waals surface area contributed by atoms with Gasteiger partial charge >= 0.3 is 0 Å². The van der Waals surface area contributed by atoms with Crippen LogP contribution in [0.15, 0.2) is 29.2 Å².